The number of anilines is 2. The molecular weight excluding hydrogens is 198 g/mol. The smallest absolute Gasteiger partial charge is 0.101 e. The van der Waals surface area contributed by atoms with Crippen molar-refractivity contribution < 1.29 is 0 Å². The van der Waals surface area contributed by atoms with Gasteiger partial charge in [-0.25, -0.2) is 0 Å². The number of hydrogen-bond donors (Lipinski definition) is 2. The Labute approximate surface area is 97.3 Å². The van der Waals surface area contributed by atoms with Crippen molar-refractivity contribution in [3.63, 3.8) is 0 Å². The van der Waals surface area contributed by atoms with Gasteiger partial charge in [0, 0.05) is 17.4 Å². The highest BCUT2D eigenvalue weighted by Crippen LogP contribution is 2.18. The molecular formula is C13H19N3. The van der Waals surface area contributed by atoms with Gasteiger partial charge < -0.3 is 11.1 Å². The molecule has 1 unspecified atom stereocenters. The molecule has 1 rings (SSSR count). The molecule has 0 aromatic heterocycles. The van der Waals surface area contributed by atoms with Gasteiger partial charge in [-0.05, 0) is 37.5 Å². The van der Waals surface area contributed by atoms with Crippen LogP contribution in [0.1, 0.15) is 32.8 Å². The van der Waals surface area contributed by atoms with Crippen LogP contribution in [0.5, 0.6) is 0 Å². The van der Waals surface area contributed by atoms with E-state index in [9.17, 15) is 0 Å². The number of benzene rings is 1. The van der Waals surface area contributed by atoms with E-state index < -0.39 is 0 Å². The molecule has 1 aromatic carbocycles. The number of nitrogens with zero attached hydrogens (tertiary/aromatic N) is 1. The fourth-order valence-corrected chi connectivity index (χ4v) is 1.79. The van der Waals surface area contributed by atoms with Gasteiger partial charge in [0.05, 0.1) is 5.56 Å². The van der Waals surface area contributed by atoms with E-state index in [0.717, 1.165) is 12.1 Å². The summed E-state index contributed by atoms with van der Waals surface area (Å²) < 4.78 is 0. The first-order valence-electron chi connectivity index (χ1n) is 5.59. The second kappa shape index (κ2) is 5.41. The molecule has 16 heavy (non-hydrogen) atoms. The van der Waals surface area contributed by atoms with Crippen molar-refractivity contribution in [2.75, 3.05) is 11.1 Å². The summed E-state index contributed by atoms with van der Waals surface area (Å²) in [6.07, 6.45) is 1.10. The number of nitriles is 1. The Kier molecular flexibility index (Phi) is 4.19. The number of hydrogen-bond acceptors (Lipinski definition) is 3. The van der Waals surface area contributed by atoms with E-state index in [1.54, 1.807) is 12.1 Å². The molecule has 0 aliphatic rings. The summed E-state index contributed by atoms with van der Waals surface area (Å²) in [5.41, 5.74) is 7.68. The van der Waals surface area contributed by atoms with Crippen LogP contribution in [0, 0.1) is 17.2 Å². The Hall–Kier alpha value is -1.69. The molecule has 1 aromatic rings. The first kappa shape index (κ1) is 12.4. The summed E-state index contributed by atoms with van der Waals surface area (Å²) in [6, 6.07) is 7.96. The zero-order valence-corrected chi connectivity index (χ0v) is 10.1. The van der Waals surface area contributed by atoms with Crippen molar-refractivity contribution in [3.8, 4) is 6.07 Å². The molecule has 1 atom stereocenters. The zero-order chi connectivity index (χ0) is 12.1. The minimum atomic E-state index is 0.398. The van der Waals surface area contributed by atoms with E-state index in [4.69, 9.17) is 11.0 Å². The Balaban J connectivity index is 2.71. The normalized spacial score (nSPS) is 12.2. The van der Waals surface area contributed by atoms with Crippen LogP contribution < -0.4 is 11.1 Å². The topological polar surface area (TPSA) is 61.8 Å². The molecule has 0 aliphatic heterocycles. The average molecular weight is 217 g/mol. The van der Waals surface area contributed by atoms with E-state index in [1.165, 1.54) is 0 Å². The van der Waals surface area contributed by atoms with E-state index in [1.807, 2.05) is 6.07 Å². The molecule has 0 radical (unpaired) electrons. The van der Waals surface area contributed by atoms with Crippen LogP contribution in [0.3, 0.4) is 0 Å². The molecule has 0 bridgehead atoms. The van der Waals surface area contributed by atoms with Gasteiger partial charge >= 0.3 is 0 Å². The number of nitrogen functional groups attached to an aromatic ring is 1. The fourth-order valence-electron chi connectivity index (χ4n) is 1.79. The third-order valence-corrected chi connectivity index (χ3v) is 2.41. The highest BCUT2D eigenvalue weighted by molar-refractivity contribution is 5.62. The van der Waals surface area contributed by atoms with Gasteiger partial charge in [0.25, 0.3) is 0 Å². The number of nitrogens with two attached hydrogens (primary N) is 1. The monoisotopic (exact) mass is 217 g/mol. The van der Waals surface area contributed by atoms with Gasteiger partial charge in [0.15, 0.2) is 0 Å². The maximum Gasteiger partial charge on any atom is 0.101 e. The highest BCUT2D eigenvalue weighted by Gasteiger charge is 2.06. The summed E-state index contributed by atoms with van der Waals surface area (Å²) >= 11 is 0. The molecule has 0 fully saturated rings. The van der Waals surface area contributed by atoms with Gasteiger partial charge in [-0.15, -0.1) is 0 Å². The molecule has 0 aliphatic carbocycles. The first-order chi connectivity index (χ1) is 7.52. The minimum Gasteiger partial charge on any atom is -0.398 e. The molecule has 3 heteroatoms. The quantitative estimate of drug-likeness (QED) is 0.762. The lowest BCUT2D eigenvalue weighted by Crippen LogP contribution is -2.17. The minimum absolute atomic E-state index is 0.398. The summed E-state index contributed by atoms with van der Waals surface area (Å²) in [5.74, 6) is 0.659. The molecule has 0 saturated carbocycles. The van der Waals surface area contributed by atoms with E-state index >= 15 is 0 Å². The summed E-state index contributed by atoms with van der Waals surface area (Å²) in [4.78, 5) is 0. The lowest BCUT2D eigenvalue weighted by atomic mass is 10.0. The van der Waals surface area contributed by atoms with Crippen LogP contribution in [-0.4, -0.2) is 6.04 Å². The van der Waals surface area contributed by atoms with Crippen LogP contribution in [-0.2, 0) is 0 Å². The maximum absolute atomic E-state index is 8.86. The number of rotatable bonds is 4. The van der Waals surface area contributed by atoms with Crippen molar-refractivity contribution >= 4 is 11.4 Å². The molecule has 3 nitrogen and oxygen atoms in total. The predicted octanol–water partition coefficient (Wildman–Crippen LogP) is 2.99. The Bertz CT molecular complexity index is 391. The van der Waals surface area contributed by atoms with Crippen LogP contribution in [0.25, 0.3) is 0 Å². The Morgan fingerprint density at radius 2 is 2.06 bits per heavy atom. The summed E-state index contributed by atoms with van der Waals surface area (Å²) in [7, 11) is 0. The van der Waals surface area contributed by atoms with Crippen LogP contribution in [0.2, 0.25) is 0 Å². The van der Waals surface area contributed by atoms with Crippen LogP contribution in [0.15, 0.2) is 18.2 Å². The molecule has 86 valence electrons. The molecule has 0 heterocycles. The third-order valence-electron chi connectivity index (χ3n) is 2.41. The molecule has 0 saturated heterocycles. The zero-order valence-electron chi connectivity index (χ0n) is 10.1. The Morgan fingerprint density at radius 3 is 2.62 bits per heavy atom. The molecule has 0 spiro atoms. The second-order valence-corrected chi connectivity index (χ2v) is 4.59. The Morgan fingerprint density at radius 1 is 1.38 bits per heavy atom. The lowest BCUT2D eigenvalue weighted by molar-refractivity contribution is 0.540. The highest BCUT2D eigenvalue weighted by atomic mass is 14.9. The summed E-state index contributed by atoms with van der Waals surface area (Å²) in [5, 5.41) is 12.2. The average Bonchev–Trinajstić information content (AvgIpc) is 2.19. The van der Waals surface area contributed by atoms with E-state index in [2.05, 4.69) is 32.2 Å². The van der Waals surface area contributed by atoms with Crippen molar-refractivity contribution in [1.82, 2.24) is 0 Å². The van der Waals surface area contributed by atoms with Gasteiger partial charge in [-0.2, -0.15) is 5.26 Å². The standard InChI is InChI=1S/C13H19N3/c1-9(2)6-10(3)16-12-4-5-13(15)11(7-12)8-14/h4-5,7,9-10,16H,6,15H2,1-3H3. The van der Waals surface area contributed by atoms with Crippen molar-refractivity contribution in [3.05, 3.63) is 23.8 Å². The third kappa shape index (κ3) is 3.47. The van der Waals surface area contributed by atoms with E-state index in [0.29, 0.717) is 23.2 Å². The largest absolute Gasteiger partial charge is 0.398 e. The van der Waals surface area contributed by atoms with Crippen molar-refractivity contribution in [1.29, 1.82) is 5.26 Å². The van der Waals surface area contributed by atoms with Crippen molar-refractivity contribution in [2.24, 2.45) is 5.92 Å². The van der Waals surface area contributed by atoms with E-state index in [-0.39, 0.29) is 0 Å². The SMILES string of the molecule is CC(C)CC(C)Nc1ccc(N)c(C#N)c1. The van der Waals surface area contributed by atoms with Gasteiger partial charge in [0.2, 0.25) is 0 Å². The maximum atomic E-state index is 8.86. The van der Waals surface area contributed by atoms with Gasteiger partial charge in [-0.3, -0.25) is 0 Å². The van der Waals surface area contributed by atoms with Crippen LogP contribution in [0.4, 0.5) is 11.4 Å². The lowest BCUT2D eigenvalue weighted by Gasteiger charge is -2.17. The van der Waals surface area contributed by atoms with Crippen LogP contribution >= 0.6 is 0 Å². The van der Waals surface area contributed by atoms with Crippen molar-refractivity contribution in [2.45, 2.75) is 33.2 Å². The second-order valence-electron chi connectivity index (χ2n) is 4.59. The van der Waals surface area contributed by atoms with Gasteiger partial charge in [-0.1, -0.05) is 13.8 Å². The number of nitrogens with one attached hydrogen (secondary N) is 1. The first-order valence-corrected chi connectivity index (χ1v) is 5.59. The predicted molar refractivity (Wildman–Crippen MR) is 68.1 cm³/mol. The van der Waals surface area contributed by atoms with Gasteiger partial charge in [0.1, 0.15) is 6.07 Å². The molecule has 3 N–H and O–H groups in total. The summed E-state index contributed by atoms with van der Waals surface area (Å²) in [6.45, 7) is 6.53. The molecule has 0 amide bonds. The fraction of sp³-hybridized carbons (Fsp3) is 0.462.